The van der Waals surface area contributed by atoms with E-state index in [-0.39, 0.29) is 18.9 Å². The van der Waals surface area contributed by atoms with Crippen molar-refractivity contribution in [1.29, 1.82) is 0 Å². The molecule has 0 bridgehead atoms. The SMILES string of the molecule is CC(C)[Si-]C(C)C.[Li+]. The van der Waals surface area contributed by atoms with Crippen molar-refractivity contribution in [1.82, 2.24) is 0 Å². The molecule has 0 saturated heterocycles. The third-order valence-corrected chi connectivity index (χ3v) is 2.00. The van der Waals surface area contributed by atoms with Gasteiger partial charge in [-0.05, 0) is 0 Å². The summed E-state index contributed by atoms with van der Waals surface area (Å²) in [7, 11) is 1.15. The third kappa shape index (κ3) is 9.94. The van der Waals surface area contributed by atoms with Crippen molar-refractivity contribution in [3.8, 4) is 0 Å². The Bertz CT molecular complexity index is 37.8. The zero-order valence-corrected chi connectivity index (χ0v) is 7.65. The van der Waals surface area contributed by atoms with E-state index in [1.807, 2.05) is 0 Å². The second-order valence-corrected chi connectivity index (χ2v) is 5.12. The van der Waals surface area contributed by atoms with Crippen molar-refractivity contribution in [2.45, 2.75) is 38.8 Å². The molecular weight excluding hydrogens is 107 g/mol. The molecule has 8 heavy (non-hydrogen) atoms. The van der Waals surface area contributed by atoms with E-state index in [9.17, 15) is 0 Å². The van der Waals surface area contributed by atoms with Crippen molar-refractivity contribution in [2.75, 3.05) is 0 Å². The van der Waals surface area contributed by atoms with Crippen LogP contribution in [0.1, 0.15) is 27.7 Å². The molecule has 0 spiro atoms. The smallest absolute Gasteiger partial charge is 0.422 e. The van der Waals surface area contributed by atoms with Gasteiger partial charge in [-0.2, -0.15) is 0 Å². The first-order chi connectivity index (χ1) is 3.13. The van der Waals surface area contributed by atoms with E-state index in [2.05, 4.69) is 27.7 Å². The van der Waals surface area contributed by atoms with Gasteiger partial charge in [-0.15, -0.1) is 0 Å². The summed E-state index contributed by atoms with van der Waals surface area (Å²) in [5.74, 6) is 0. The normalized spacial score (nSPS) is 9.75. The molecule has 0 aliphatic rings. The van der Waals surface area contributed by atoms with Gasteiger partial charge in [-0.1, -0.05) is 27.7 Å². The molecule has 0 amide bonds. The first-order valence-corrected chi connectivity index (χ1v) is 4.04. The quantitative estimate of drug-likeness (QED) is 0.426. The van der Waals surface area contributed by atoms with Gasteiger partial charge < -0.3 is 9.52 Å². The van der Waals surface area contributed by atoms with Crippen molar-refractivity contribution in [2.24, 2.45) is 0 Å². The van der Waals surface area contributed by atoms with Crippen LogP contribution in [0.2, 0.25) is 11.1 Å². The molecule has 0 aliphatic carbocycles. The molecule has 0 rings (SSSR count). The zero-order valence-electron chi connectivity index (χ0n) is 6.65. The largest absolute Gasteiger partial charge is 1.00 e. The topological polar surface area (TPSA) is 0 Å². The van der Waals surface area contributed by atoms with Crippen LogP contribution < -0.4 is 18.9 Å². The fraction of sp³-hybridized carbons (Fsp3) is 1.00. The van der Waals surface area contributed by atoms with Gasteiger partial charge >= 0.3 is 18.9 Å². The summed E-state index contributed by atoms with van der Waals surface area (Å²) in [6.45, 7) is 9.10. The van der Waals surface area contributed by atoms with Crippen molar-refractivity contribution >= 4 is 9.52 Å². The van der Waals surface area contributed by atoms with Gasteiger partial charge in [0.25, 0.3) is 0 Å². The second-order valence-electron chi connectivity index (χ2n) is 2.48. The Balaban J connectivity index is 0. The van der Waals surface area contributed by atoms with Crippen LogP contribution >= 0.6 is 0 Å². The molecule has 0 N–H and O–H groups in total. The van der Waals surface area contributed by atoms with Gasteiger partial charge in [-0.25, -0.2) is 11.1 Å². The van der Waals surface area contributed by atoms with Crippen molar-refractivity contribution in [3.05, 3.63) is 0 Å². The Hall–Kier alpha value is 0.814. The van der Waals surface area contributed by atoms with E-state index in [0.29, 0.717) is 0 Å². The molecule has 0 aromatic carbocycles. The number of hydrogen-bond acceptors (Lipinski definition) is 0. The average molecular weight is 121 g/mol. The van der Waals surface area contributed by atoms with Gasteiger partial charge in [0.1, 0.15) is 0 Å². The van der Waals surface area contributed by atoms with E-state index in [0.717, 1.165) is 20.6 Å². The van der Waals surface area contributed by atoms with Gasteiger partial charge in [0, 0.05) is 0 Å². The molecule has 1 radical (unpaired) electrons. The van der Waals surface area contributed by atoms with E-state index in [4.69, 9.17) is 0 Å². The second kappa shape index (κ2) is 5.94. The summed E-state index contributed by atoms with van der Waals surface area (Å²) in [6.07, 6.45) is 0. The third-order valence-electron chi connectivity index (χ3n) is 0.667. The maximum atomic E-state index is 2.28. The van der Waals surface area contributed by atoms with Crippen LogP contribution in [0.15, 0.2) is 0 Å². The number of hydrogen-bond donors (Lipinski definition) is 0. The molecule has 0 aromatic heterocycles. The molecule has 0 nitrogen and oxygen atoms in total. The first kappa shape index (κ1) is 11.6. The van der Waals surface area contributed by atoms with Crippen LogP contribution in [0, 0.1) is 0 Å². The average Bonchev–Trinajstić information content (AvgIpc) is 1.27. The van der Waals surface area contributed by atoms with Crippen LogP contribution in [0.5, 0.6) is 0 Å². The van der Waals surface area contributed by atoms with E-state index >= 15 is 0 Å². The van der Waals surface area contributed by atoms with E-state index in [1.165, 1.54) is 0 Å². The summed E-state index contributed by atoms with van der Waals surface area (Å²) < 4.78 is 0. The predicted octanol–water partition coefficient (Wildman–Crippen LogP) is -0.649. The molecule has 0 aliphatic heterocycles. The summed E-state index contributed by atoms with van der Waals surface area (Å²) in [4.78, 5) is 0. The Morgan fingerprint density at radius 1 is 0.875 bits per heavy atom. The molecule has 0 fully saturated rings. The summed E-state index contributed by atoms with van der Waals surface area (Å²) in [6, 6.07) is 0. The van der Waals surface area contributed by atoms with Gasteiger partial charge in [0.15, 0.2) is 0 Å². The summed E-state index contributed by atoms with van der Waals surface area (Å²) in [5.41, 5.74) is 1.81. The predicted molar refractivity (Wildman–Crippen MR) is 35.9 cm³/mol. The monoisotopic (exact) mass is 121 g/mol. The molecule has 0 saturated carbocycles. The number of rotatable bonds is 2. The minimum Gasteiger partial charge on any atom is -0.422 e. The standard InChI is InChI=1S/C6H14Si.Li/c1-5(2)7-6(3)4;/h5-6H,1-4H3;/q-1;+1. The maximum Gasteiger partial charge on any atom is 1.00 e. The molecular formula is C6H14LiSi. The Morgan fingerprint density at radius 2 is 1.12 bits per heavy atom. The molecule has 43 valence electrons. The first-order valence-electron chi connectivity index (χ1n) is 2.89. The van der Waals surface area contributed by atoms with Gasteiger partial charge in [-0.3, -0.25) is 0 Å². The fourth-order valence-electron chi connectivity index (χ4n) is 0.667. The minimum atomic E-state index is 0. The minimum absolute atomic E-state index is 0. The van der Waals surface area contributed by atoms with E-state index in [1.54, 1.807) is 0 Å². The molecule has 0 unspecified atom stereocenters. The molecule has 0 atom stereocenters. The molecule has 0 aromatic rings. The Labute approximate surface area is 67.4 Å². The fourth-order valence-corrected chi connectivity index (χ4v) is 2.00. The Kier molecular flexibility index (Phi) is 8.61. The zero-order chi connectivity index (χ0) is 5.86. The summed E-state index contributed by atoms with van der Waals surface area (Å²) in [5, 5.41) is 0. The Morgan fingerprint density at radius 3 is 1.12 bits per heavy atom. The van der Waals surface area contributed by atoms with E-state index < -0.39 is 0 Å². The van der Waals surface area contributed by atoms with Crippen molar-refractivity contribution < 1.29 is 18.9 Å². The van der Waals surface area contributed by atoms with Gasteiger partial charge in [0.05, 0.1) is 0 Å². The van der Waals surface area contributed by atoms with Crippen LogP contribution in [0.3, 0.4) is 0 Å². The maximum absolute atomic E-state index is 2.28. The van der Waals surface area contributed by atoms with Crippen molar-refractivity contribution in [3.63, 3.8) is 0 Å². The van der Waals surface area contributed by atoms with Crippen LogP contribution in [0.4, 0.5) is 0 Å². The van der Waals surface area contributed by atoms with Crippen LogP contribution in [-0.4, -0.2) is 9.52 Å². The molecule has 0 heterocycles. The van der Waals surface area contributed by atoms with Gasteiger partial charge in [0.2, 0.25) is 0 Å². The molecule has 2 heteroatoms. The van der Waals surface area contributed by atoms with Crippen LogP contribution in [-0.2, 0) is 0 Å². The van der Waals surface area contributed by atoms with Crippen LogP contribution in [0.25, 0.3) is 0 Å². The summed E-state index contributed by atoms with van der Waals surface area (Å²) >= 11 is 0.